The van der Waals surface area contributed by atoms with Gasteiger partial charge in [0.1, 0.15) is 10.7 Å². The molecule has 0 fully saturated rings. The van der Waals surface area contributed by atoms with Gasteiger partial charge in [0, 0.05) is 22.9 Å². The van der Waals surface area contributed by atoms with Crippen molar-refractivity contribution in [3.05, 3.63) is 22.0 Å². The topological polar surface area (TPSA) is 25.8 Å². The van der Waals surface area contributed by atoms with Gasteiger partial charge in [0.25, 0.3) is 0 Å². The van der Waals surface area contributed by atoms with Crippen molar-refractivity contribution in [3.8, 4) is 10.7 Å². The van der Waals surface area contributed by atoms with Crippen molar-refractivity contribution in [1.82, 2.24) is 9.97 Å². The molecule has 68 valence electrons. The Balaban J connectivity index is 2.33. The molecule has 2 aromatic rings. The SMILES string of the molecule is CC(C)c1nc(-c2nccs2)cs1. The Bertz CT molecular complexity index is 376. The molecule has 0 aliphatic rings. The van der Waals surface area contributed by atoms with E-state index in [0.717, 1.165) is 10.7 Å². The van der Waals surface area contributed by atoms with Crippen LogP contribution in [0.15, 0.2) is 17.0 Å². The van der Waals surface area contributed by atoms with Crippen molar-refractivity contribution in [1.29, 1.82) is 0 Å². The van der Waals surface area contributed by atoms with Crippen LogP contribution < -0.4 is 0 Å². The Morgan fingerprint density at radius 3 is 2.69 bits per heavy atom. The first-order valence-corrected chi connectivity index (χ1v) is 5.88. The van der Waals surface area contributed by atoms with Crippen LogP contribution in [0.2, 0.25) is 0 Å². The highest BCUT2D eigenvalue weighted by Gasteiger charge is 2.08. The summed E-state index contributed by atoms with van der Waals surface area (Å²) in [5, 5.41) is 6.26. The van der Waals surface area contributed by atoms with Crippen molar-refractivity contribution < 1.29 is 0 Å². The first-order chi connectivity index (χ1) is 6.27. The van der Waals surface area contributed by atoms with Crippen LogP contribution in [0.25, 0.3) is 10.7 Å². The molecule has 0 aromatic carbocycles. The fourth-order valence-corrected chi connectivity index (χ4v) is 2.49. The predicted octanol–water partition coefficient (Wildman–Crippen LogP) is 3.39. The van der Waals surface area contributed by atoms with E-state index in [2.05, 4.69) is 29.2 Å². The summed E-state index contributed by atoms with van der Waals surface area (Å²) in [4.78, 5) is 8.74. The molecular weight excluding hydrogens is 200 g/mol. The molecule has 0 saturated carbocycles. The van der Waals surface area contributed by atoms with Gasteiger partial charge in [-0.1, -0.05) is 13.8 Å². The van der Waals surface area contributed by atoms with Gasteiger partial charge in [-0.2, -0.15) is 0 Å². The minimum absolute atomic E-state index is 0.513. The monoisotopic (exact) mass is 210 g/mol. The minimum atomic E-state index is 0.513. The van der Waals surface area contributed by atoms with E-state index in [4.69, 9.17) is 0 Å². The largest absolute Gasteiger partial charge is 0.243 e. The maximum absolute atomic E-state index is 4.52. The van der Waals surface area contributed by atoms with Crippen LogP contribution in [-0.2, 0) is 0 Å². The number of hydrogen-bond acceptors (Lipinski definition) is 4. The van der Waals surface area contributed by atoms with Crippen LogP contribution >= 0.6 is 22.7 Å². The van der Waals surface area contributed by atoms with E-state index < -0.39 is 0 Å². The quantitative estimate of drug-likeness (QED) is 0.759. The maximum Gasteiger partial charge on any atom is 0.142 e. The van der Waals surface area contributed by atoms with Gasteiger partial charge in [-0.25, -0.2) is 9.97 Å². The van der Waals surface area contributed by atoms with Crippen LogP contribution in [-0.4, -0.2) is 9.97 Å². The molecule has 0 radical (unpaired) electrons. The molecule has 4 heteroatoms. The van der Waals surface area contributed by atoms with E-state index in [1.54, 1.807) is 22.7 Å². The Labute approximate surface area is 85.3 Å². The molecule has 0 N–H and O–H groups in total. The van der Waals surface area contributed by atoms with Gasteiger partial charge >= 0.3 is 0 Å². The van der Waals surface area contributed by atoms with Crippen LogP contribution in [0.4, 0.5) is 0 Å². The van der Waals surface area contributed by atoms with Gasteiger partial charge in [-0.05, 0) is 0 Å². The summed E-state index contributed by atoms with van der Waals surface area (Å²) in [7, 11) is 0. The Morgan fingerprint density at radius 2 is 2.15 bits per heavy atom. The van der Waals surface area contributed by atoms with Crippen molar-refractivity contribution in [3.63, 3.8) is 0 Å². The maximum atomic E-state index is 4.52. The molecule has 0 atom stereocenters. The lowest BCUT2D eigenvalue weighted by Gasteiger charge is -1.95. The predicted molar refractivity (Wildman–Crippen MR) is 57.3 cm³/mol. The third-order valence-corrected chi connectivity index (χ3v) is 3.61. The summed E-state index contributed by atoms with van der Waals surface area (Å²) in [6, 6.07) is 0. The lowest BCUT2D eigenvalue weighted by Crippen LogP contribution is -1.84. The molecule has 2 nitrogen and oxygen atoms in total. The van der Waals surface area contributed by atoms with Crippen LogP contribution in [0.5, 0.6) is 0 Å². The van der Waals surface area contributed by atoms with E-state index >= 15 is 0 Å². The highest BCUT2D eigenvalue weighted by molar-refractivity contribution is 7.14. The van der Waals surface area contributed by atoms with Gasteiger partial charge in [0.2, 0.25) is 0 Å². The molecular formula is C9H10N2S2. The summed E-state index contributed by atoms with van der Waals surface area (Å²) < 4.78 is 0. The molecule has 2 rings (SSSR count). The Morgan fingerprint density at radius 1 is 1.31 bits per heavy atom. The van der Waals surface area contributed by atoms with Crippen LogP contribution in [0, 0.1) is 0 Å². The summed E-state index contributed by atoms with van der Waals surface area (Å²) in [6.45, 7) is 4.31. The zero-order chi connectivity index (χ0) is 9.26. The fourth-order valence-electron chi connectivity index (χ4n) is 1.00. The molecule has 13 heavy (non-hydrogen) atoms. The number of nitrogens with zero attached hydrogens (tertiary/aromatic N) is 2. The minimum Gasteiger partial charge on any atom is -0.243 e. The van der Waals surface area contributed by atoms with Gasteiger partial charge in [0.15, 0.2) is 0 Å². The zero-order valence-electron chi connectivity index (χ0n) is 7.52. The smallest absolute Gasteiger partial charge is 0.142 e. The number of aromatic nitrogens is 2. The zero-order valence-corrected chi connectivity index (χ0v) is 9.15. The summed E-state index contributed by atoms with van der Waals surface area (Å²) in [5.41, 5.74) is 1.02. The first-order valence-electron chi connectivity index (χ1n) is 4.12. The number of rotatable bonds is 2. The Kier molecular flexibility index (Phi) is 2.42. The van der Waals surface area contributed by atoms with Crippen LogP contribution in [0.1, 0.15) is 24.8 Å². The molecule has 0 unspecified atom stereocenters. The van der Waals surface area contributed by atoms with Gasteiger partial charge < -0.3 is 0 Å². The Hall–Kier alpha value is -0.740. The van der Waals surface area contributed by atoms with E-state index in [1.165, 1.54) is 5.01 Å². The van der Waals surface area contributed by atoms with Crippen molar-refractivity contribution in [2.45, 2.75) is 19.8 Å². The normalized spacial score (nSPS) is 11.0. The standard InChI is InChI=1S/C9H10N2S2/c1-6(2)8-11-7(5-13-8)9-10-3-4-12-9/h3-6H,1-2H3. The molecule has 2 heterocycles. The molecule has 0 saturated heterocycles. The van der Waals surface area contributed by atoms with E-state index in [9.17, 15) is 0 Å². The second-order valence-corrected chi connectivity index (χ2v) is 4.85. The highest BCUT2D eigenvalue weighted by Crippen LogP contribution is 2.26. The highest BCUT2D eigenvalue weighted by atomic mass is 32.1. The van der Waals surface area contributed by atoms with Crippen molar-refractivity contribution in [2.24, 2.45) is 0 Å². The molecule has 0 spiro atoms. The fraction of sp³-hybridized carbons (Fsp3) is 0.333. The summed E-state index contributed by atoms with van der Waals surface area (Å²) in [5.74, 6) is 0.513. The number of hydrogen-bond donors (Lipinski definition) is 0. The molecule has 0 amide bonds. The van der Waals surface area contributed by atoms with Crippen LogP contribution in [0.3, 0.4) is 0 Å². The summed E-state index contributed by atoms with van der Waals surface area (Å²) in [6.07, 6.45) is 1.81. The van der Waals surface area contributed by atoms with E-state index in [0.29, 0.717) is 5.92 Å². The van der Waals surface area contributed by atoms with E-state index in [1.807, 2.05) is 11.6 Å². The lowest BCUT2D eigenvalue weighted by molar-refractivity contribution is 0.853. The second kappa shape index (κ2) is 3.55. The number of thiazole rings is 2. The molecule has 2 aromatic heterocycles. The first kappa shape index (κ1) is 8.84. The molecule has 0 aliphatic heterocycles. The van der Waals surface area contributed by atoms with Gasteiger partial charge in [-0.3, -0.25) is 0 Å². The lowest BCUT2D eigenvalue weighted by atomic mass is 10.2. The third kappa shape index (κ3) is 1.78. The van der Waals surface area contributed by atoms with E-state index in [-0.39, 0.29) is 0 Å². The molecule has 0 aliphatic carbocycles. The molecule has 0 bridgehead atoms. The average molecular weight is 210 g/mol. The average Bonchev–Trinajstić information content (AvgIpc) is 2.75. The van der Waals surface area contributed by atoms with Gasteiger partial charge in [-0.15, -0.1) is 22.7 Å². The van der Waals surface area contributed by atoms with Crippen molar-refractivity contribution in [2.75, 3.05) is 0 Å². The summed E-state index contributed by atoms with van der Waals surface area (Å²) >= 11 is 3.35. The second-order valence-electron chi connectivity index (χ2n) is 3.06. The third-order valence-electron chi connectivity index (χ3n) is 1.67. The van der Waals surface area contributed by atoms with Crippen molar-refractivity contribution >= 4 is 22.7 Å². The van der Waals surface area contributed by atoms with Gasteiger partial charge in [0.05, 0.1) is 5.01 Å².